The molecule has 3 nitrogen and oxygen atoms in total. The molecule has 0 amide bonds. The van der Waals surface area contributed by atoms with Crippen molar-refractivity contribution in [3.63, 3.8) is 0 Å². The number of benzene rings is 1. The summed E-state index contributed by atoms with van der Waals surface area (Å²) in [5.74, 6) is 0. The van der Waals surface area contributed by atoms with Gasteiger partial charge in [-0.05, 0) is 37.1 Å². The van der Waals surface area contributed by atoms with Crippen molar-refractivity contribution in [3.05, 3.63) is 52.8 Å². The monoisotopic (exact) mass is 291 g/mol. The van der Waals surface area contributed by atoms with Crippen molar-refractivity contribution in [1.82, 2.24) is 15.1 Å². The van der Waals surface area contributed by atoms with Crippen LogP contribution in [0.3, 0.4) is 0 Å². The molecule has 0 aliphatic carbocycles. The van der Waals surface area contributed by atoms with Gasteiger partial charge in [-0.15, -0.1) is 0 Å². The molecular formula is C16H22ClN3. The van der Waals surface area contributed by atoms with Crippen LogP contribution in [0.4, 0.5) is 0 Å². The lowest BCUT2D eigenvalue weighted by atomic mass is 10.0. The van der Waals surface area contributed by atoms with Gasteiger partial charge in [0, 0.05) is 30.7 Å². The van der Waals surface area contributed by atoms with Crippen LogP contribution >= 0.6 is 11.6 Å². The largest absolute Gasteiger partial charge is 0.313 e. The molecule has 0 radical (unpaired) electrons. The van der Waals surface area contributed by atoms with Crippen LogP contribution in [-0.2, 0) is 19.9 Å². The molecular weight excluding hydrogens is 270 g/mol. The number of hydrogen-bond donors (Lipinski definition) is 1. The molecule has 1 aromatic heterocycles. The van der Waals surface area contributed by atoms with E-state index in [4.69, 9.17) is 11.6 Å². The predicted octanol–water partition coefficient (Wildman–Crippen LogP) is 3.23. The molecule has 1 aromatic carbocycles. The second kappa shape index (κ2) is 7.46. The maximum absolute atomic E-state index is 6.26. The van der Waals surface area contributed by atoms with Crippen LogP contribution in [0.1, 0.15) is 24.6 Å². The zero-order chi connectivity index (χ0) is 14.4. The zero-order valence-electron chi connectivity index (χ0n) is 12.1. The van der Waals surface area contributed by atoms with Crippen molar-refractivity contribution >= 4 is 11.6 Å². The standard InChI is InChI=1S/C16H22ClN3/c1-3-9-18-15(12-14-8-10-20(2)19-14)11-13-6-4-5-7-16(13)17/h4-8,10,15,18H,3,9,11-12H2,1-2H3. The molecule has 1 unspecified atom stereocenters. The van der Waals surface area contributed by atoms with Crippen molar-refractivity contribution in [2.24, 2.45) is 7.05 Å². The minimum Gasteiger partial charge on any atom is -0.313 e. The van der Waals surface area contributed by atoms with Crippen LogP contribution in [0.2, 0.25) is 5.02 Å². The topological polar surface area (TPSA) is 29.9 Å². The predicted molar refractivity (Wildman–Crippen MR) is 84.1 cm³/mol. The number of halogens is 1. The number of nitrogens with one attached hydrogen (secondary N) is 1. The Labute approximate surface area is 126 Å². The molecule has 1 N–H and O–H groups in total. The summed E-state index contributed by atoms with van der Waals surface area (Å²) in [5.41, 5.74) is 2.31. The van der Waals surface area contributed by atoms with E-state index in [1.54, 1.807) is 0 Å². The Bertz CT molecular complexity index is 536. The Balaban J connectivity index is 2.05. The molecule has 1 atom stereocenters. The van der Waals surface area contributed by atoms with Gasteiger partial charge >= 0.3 is 0 Å². The van der Waals surface area contributed by atoms with E-state index in [0.717, 1.165) is 36.5 Å². The second-order valence-corrected chi connectivity index (χ2v) is 5.54. The lowest BCUT2D eigenvalue weighted by Crippen LogP contribution is -2.34. The molecule has 0 bridgehead atoms. The zero-order valence-corrected chi connectivity index (χ0v) is 12.9. The van der Waals surface area contributed by atoms with Gasteiger partial charge in [-0.1, -0.05) is 36.7 Å². The first-order chi connectivity index (χ1) is 9.69. The van der Waals surface area contributed by atoms with Crippen molar-refractivity contribution in [3.8, 4) is 0 Å². The molecule has 0 saturated heterocycles. The fraction of sp³-hybridized carbons (Fsp3) is 0.438. The highest BCUT2D eigenvalue weighted by atomic mass is 35.5. The summed E-state index contributed by atoms with van der Waals surface area (Å²) in [6.45, 7) is 3.20. The maximum Gasteiger partial charge on any atom is 0.0640 e. The SMILES string of the molecule is CCCNC(Cc1ccn(C)n1)Cc1ccccc1Cl. The van der Waals surface area contributed by atoms with Gasteiger partial charge in [-0.3, -0.25) is 4.68 Å². The third kappa shape index (κ3) is 4.36. The van der Waals surface area contributed by atoms with Gasteiger partial charge in [-0.2, -0.15) is 5.10 Å². The first-order valence-electron chi connectivity index (χ1n) is 7.14. The first-order valence-corrected chi connectivity index (χ1v) is 7.52. The Kier molecular flexibility index (Phi) is 5.62. The second-order valence-electron chi connectivity index (χ2n) is 5.13. The van der Waals surface area contributed by atoms with E-state index in [2.05, 4.69) is 29.5 Å². The van der Waals surface area contributed by atoms with Gasteiger partial charge in [0.05, 0.1) is 5.69 Å². The average Bonchev–Trinajstić information content (AvgIpc) is 2.84. The smallest absolute Gasteiger partial charge is 0.0640 e. The fourth-order valence-electron chi connectivity index (χ4n) is 2.32. The Hall–Kier alpha value is -1.32. The van der Waals surface area contributed by atoms with E-state index in [1.165, 1.54) is 5.56 Å². The van der Waals surface area contributed by atoms with Crippen LogP contribution < -0.4 is 5.32 Å². The van der Waals surface area contributed by atoms with E-state index >= 15 is 0 Å². The minimum absolute atomic E-state index is 0.366. The van der Waals surface area contributed by atoms with E-state index in [9.17, 15) is 0 Å². The average molecular weight is 292 g/mol. The quantitative estimate of drug-likeness (QED) is 0.849. The lowest BCUT2D eigenvalue weighted by molar-refractivity contribution is 0.498. The molecule has 2 aromatic rings. The summed E-state index contributed by atoms with van der Waals surface area (Å²) in [5, 5.41) is 8.91. The molecule has 108 valence electrons. The summed E-state index contributed by atoms with van der Waals surface area (Å²) in [6, 6.07) is 10.5. The van der Waals surface area contributed by atoms with E-state index in [-0.39, 0.29) is 0 Å². The normalized spacial score (nSPS) is 12.6. The van der Waals surface area contributed by atoms with Crippen LogP contribution in [-0.4, -0.2) is 22.4 Å². The summed E-state index contributed by atoms with van der Waals surface area (Å²) < 4.78 is 1.85. The number of aryl methyl sites for hydroxylation is 1. The molecule has 0 aliphatic rings. The summed E-state index contributed by atoms with van der Waals surface area (Å²) >= 11 is 6.26. The van der Waals surface area contributed by atoms with Crippen molar-refractivity contribution in [2.75, 3.05) is 6.54 Å². The number of hydrogen-bond acceptors (Lipinski definition) is 2. The van der Waals surface area contributed by atoms with Crippen LogP contribution in [0.15, 0.2) is 36.5 Å². The van der Waals surface area contributed by atoms with Crippen LogP contribution in [0, 0.1) is 0 Å². The van der Waals surface area contributed by atoms with Gasteiger partial charge in [0.25, 0.3) is 0 Å². The van der Waals surface area contributed by atoms with E-state index in [0.29, 0.717) is 6.04 Å². The van der Waals surface area contributed by atoms with Gasteiger partial charge in [0.1, 0.15) is 0 Å². The van der Waals surface area contributed by atoms with E-state index < -0.39 is 0 Å². The molecule has 0 spiro atoms. The third-order valence-corrected chi connectivity index (χ3v) is 3.70. The summed E-state index contributed by atoms with van der Waals surface area (Å²) in [7, 11) is 1.95. The highest BCUT2D eigenvalue weighted by Gasteiger charge is 2.13. The van der Waals surface area contributed by atoms with E-state index in [1.807, 2.05) is 36.1 Å². The number of aromatic nitrogens is 2. The van der Waals surface area contributed by atoms with Gasteiger partial charge in [-0.25, -0.2) is 0 Å². The van der Waals surface area contributed by atoms with Crippen LogP contribution in [0.25, 0.3) is 0 Å². The van der Waals surface area contributed by atoms with Crippen LogP contribution in [0.5, 0.6) is 0 Å². The van der Waals surface area contributed by atoms with Gasteiger partial charge in [0.15, 0.2) is 0 Å². The number of nitrogens with zero attached hydrogens (tertiary/aromatic N) is 2. The van der Waals surface area contributed by atoms with Crippen molar-refractivity contribution < 1.29 is 0 Å². The van der Waals surface area contributed by atoms with Gasteiger partial charge in [0.2, 0.25) is 0 Å². The Morgan fingerprint density at radius 3 is 2.70 bits per heavy atom. The Morgan fingerprint density at radius 1 is 1.25 bits per heavy atom. The first kappa shape index (κ1) is 15.1. The Morgan fingerprint density at radius 2 is 2.05 bits per heavy atom. The third-order valence-electron chi connectivity index (χ3n) is 3.33. The molecule has 4 heteroatoms. The highest BCUT2D eigenvalue weighted by molar-refractivity contribution is 6.31. The summed E-state index contributed by atoms with van der Waals surface area (Å²) in [4.78, 5) is 0. The fourth-order valence-corrected chi connectivity index (χ4v) is 2.53. The molecule has 20 heavy (non-hydrogen) atoms. The minimum atomic E-state index is 0.366. The van der Waals surface area contributed by atoms with Gasteiger partial charge < -0.3 is 5.32 Å². The lowest BCUT2D eigenvalue weighted by Gasteiger charge is -2.18. The molecule has 0 fully saturated rings. The molecule has 2 rings (SSSR count). The van der Waals surface area contributed by atoms with Crippen molar-refractivity contribution in [1.29, 1.82) is 0 Å². The molecule has 0 saturated carbocycles. The maximum atomic E-state index is 6.26. The molecule has 0 aliphatic heterocycles. The molecule has 1 heterocycles. The number of rotatable bonds is 7. The summed E-state index contributed by atoms with van der Waals surface area (Å²) in [6.07, 6.45) is 4.96. The highest BCUT2D eigenvalue weighted by Crippen LogP contribution is 2.17. The van der Waals surface area contributed by atoms with Crippen molar-refractivity contribution in [2.45, 2.75) is 32.2 Å².